The third-order valence-corrected chi connectivity index (χ3v) is 3.09. The molecule has 17 heavy (non-hydrogen) atoms. The summed E-state index contributed by atoms with van der Waals surface area (Å²) in [5.74, 6) is 5.93. The average molecular weight is 248 g/mol. The Hall–Kier alpha value is -2.08. The second-order valence-corrected chi connectivity index (χ2v) is 4.31. The van der Waals surface area contributed by atoms with Crippen LogP contribution in [0.4, 0.5) is 0 Å². The molecule has 3 N–H and O–H groups in total. The Labute approximate surface area is 102 Å². The van der Waals surface area contributed by atoms with Crippen LogP contribution in [0.2, 0.25) is 0 Å². The van der Waals surface area contributed by atoms with Gasteiger partial charge in [0.25, 0.3) is 0 Å². The molecule has 0 aliphatic rings. The van der Waals surface area contributed by atoms with E-state index in [1.54, 1.807) is 24.4 Å². The highest BCUT2D eigenvalue weighted by atomic mass is 32.1. The van der Waals surface area contributed by atoms with Crippen LogP contribution in [-0.2, 0) is 0 Å². The summed E-state index contributed by atoms with van der Waals surface area (Å²) < 4.78 is 1.48. The molecule has 1 aromatic carbocycles. The fourth-order valence-electron chi connectivity index (χ4n) is 1.22. The SMILES string of the molecule is Cc1cs/c(=N\N=C\c2cccc(O)c2)n1N. The Morgan fingerprint density at radius 2 is 2.29 bits per heavy atom. The fraction of sp³-hybridized carbons (Fsp3) is 0.0909. The highest BCUT2D eigenvalue weighted by molar-refractivity contribution is 7.07. The molecule has 0 aliphatic heterocycles. The van der Waals surface area contributed by atoms with Crippen molar-refractivity contribution in [1.29, 1.82) is 0 Å². The zero-order chi connectivity index (χ0) is 12.3. The lowest BCUT2D eigenvalue weighted by Gasteiger charge is -1.93. The number of phenolic OH excluding ortho intramolecular Hbond substituents is 1. The second-order valence-electron chi connectivity index (χ2n) is 3.47. The van der Waals surface area contributed by atoms with Gasteiger partial charge in [-0.25, -0.2) is 4.68 Å². The Morgan fingerprint density at radius 1 is 1.47 bits per heavy atom. The highest BCUT2D eigenvalue weighted by Crippen LogP contribution is 2.08. The fourth-order valence-corrected chi connectivity index (χ4v) is 1.97. The van der Waals surface area contributed by atoms with Crippen LogP contribution in [0.5, 0.6) is 5.75 Å². The molecule has 0 radical (unpaired) electrons. The Morgan fingerprint density at radius 3 is 2.94 bits per heavy atom. The monoisotopic (exact) mass is 248 g/mol. The lowest BCUT2D eigenvalue weighted by atomic mass is 10.2. The predicted octanol–water partition coefficient (Wildman–Crippen LogP) is 1.21. The largest absolute Gasteiger partial charge is 0.508 e. The zero-order valence-electron chi connectivity index (χ0n) is 9.24. The minimum absolute atomic E-state index is 0.204. The molecule has 5 nitrogen and oxygen atoms in total. The number of aromatic nitrogens is 1. The van der Waals surface area contributed by atoms with Gasteiger partial charge >= 0.3 is 0 Å². The molecule has 0 amide bonds. The van der Waals surface area contributed by atoms with Gasteiger partial charge in [0.2, 0.25) is 4.80 Å². The maximum atomic E-state index is 9.26. The van der Waals surface area contributed by atoms with Crippen molar-refractivity contribution in [3.63, 3.8) is 0 Å². The summed E-state index contributed by atoms with van der Waals surface area (Å²) in [5.41, 5.74) is 1.71. The second kappa shape index (κ2) is 4.84. The Bertz CT molecular complexity index is 612. The number of phenols is 1. The van der Waals surface area contributed by atoms with Gasteiger partial charge in [-0.15, -0.1) is 16.4 Å². The van der Waals surface area contributed by atoms with Crippen LogP contribution in [0.1, 0.15) is 11.3 Å². The summed E-state index contributed by atoms with van der Waals surface area (Å²) in [6.07, 6.45) is 1.56. The first-order valence-corrected chi connectivity index (χ1v) is 5.83. The van der Waals surface area contributed by atoms with Crippen molar-refractivity contribution >= 4 is 17.6 Å². The molecule has 6 heteroatoms. The molecule has 0 saturated carbocycles. The molecule has 0 atom stereocenters. The molecule has 0 unspecified atom stereocenters. The average Bonchev–Trinajstić information content (AvgIpc) is 2.61. The summed E-state index contributed by atoms with van der Waals surface area (Å²) >= 11 is 1.42. The minimum atomic E-state index is 0.204. The van der Waals surface area contributed by atoms with E-state index >= 15 is 0 Å². The van der Waals surface area contributed by atoms with Gasteiger partial charge in [0, 0.05) is 11.1 Å². The summed E-state index contributed by atoms with van der Waals surface area (Å²) in [7, 11) is 0. The first-order chi connectivity index (χ1) is 8.16. The molecule has 1 heterocycles. The van der Waals surface area contributed by atoms with Gasteiger partial charge in [0.15, 0.2) is 0 Å². The van der Waals surface area contributed by atoms with Crippen LogP contribution in [-0.4, -0.2) is 16.0 Å². The van der Waals surface area contributed by atoms with Gasteiger partial charge < -0.3 is 10.9 Å². The van der Waals surface area contributed by atoms with Crippen molar-refractivity contribution in [3.05, 3.63) is 45.7 Å². The Balaban J connectivity index is 2.23. The summed E-state index contributed by atoms with van der Waals surface area (Å²) in [6.45, 7) is 1.90. The third-order valence-electron chi connectivity index (χ3n) is 2.14. The molecule has 0 fully saturated rings. The van der Waals surface area contributed by atoms with Gasteiger partial charge in [0.05, 0.1) is 6.21 Å². The molecule has 0 bridgehead atoms. The van der Waals surface area contributed by atoms with Crippen LogP contribution in [0, 0.1) is 6.92 Å². The van der Waals surface area contributed by atoms with Crippen molar-refractivity contribution in [2.75, 3.05) is 5.84 Å². The molecular weight excluding hydrogens is 236 g/mol. The number of benzene rings is 1. The molecule has 88 valence electrons. The number of hydrogen-bond acceptors (Lipinski definition) is 5. The van der Waals surface area contributed by atoms with E-state index in [-0.39, 0.29) is 5.75 Å². The number of hydrogen-bond donors (Lipinski definition) is 2. The van der Waals surface area contributed by atoms with E-state index < -0.39 is 0 Å². The van der Waals surface area contributed by atoms with Crippen LogP contribution >= 0.6 is 11.3 Å². The molecule has 0 spiro atoms. The van der Waals surface area contributed by atoms with E-state index in [0.29, 0.717) is 4.80 Å². The molecule has 2 aromatic rings. The number of nitrogens with zero attached hydrogens (tertiary/aromatic N) is 3. The number of aryl methyl sites for hydroxylation is 1. The van der Waals surface area contributed by atoms with Crippen molar-refractivity contribution in [2.24, 2.45) is 10.2 Å². The molecule has 1 aromatic heterocycles. The number of nitrogens with two attached hydrogens (primary N) is 1. The molecule has 2 rings (SSSR count). The number of rotatable bonds is 2. The van der Waals surface area contributed by atoms with Gasteiger partial charge in [-0.2, -0.15) is 5.10 Å². The van der Waals surface area contributed by atoms with Crippen molar-refractivity contribution in [1.82, 2.24) is 4.68 Å². The lowest BCUT2D eigenvalue weighted by Crippen LogP contribution is -2.23. The number of thiazole rings is 1. The smallest absolute Gasteiger partial charge is 0.229 e. The van der Waals surface area contributed by atoms with Crippen LogP contribution in [0.25, 0.3) is 0 Å². The van der Waals surface area contributed by atoms with Crippen molar-refractivity contribution in [2.45, 2.75) is 6.92 Å². The van der Waals surface area contributed by atoms with Crippen molar-refractivity contribution < 1.29 is 5.11 Å². The minimum Gasteiger partial charge on any atom is -0.508 e. The van der Waals surface area contributed by atoms with E-state index in [9.17, 15) is 5.11 Å². The summed E-state index contributed by atoms with van der Waals surface area (Å²) in [6, 6.07) is 6.78. The van der Waals surface area contributed by atoms with Crippen LogP contribution in [0.15, 0.2) is 39.8 Å². The third kappa shape index (κ3) is 2.73. The van der Waals surface area contributed by atoms with Crippen LogP contribution in [0.3, 0.4) is 0 Å². The van der Waals surface area contributed by atoms with E-state index in [4.69, 9.17) is 5.84 Å². The normalized spacial score (nSPS) is 12.4. The van der Waals surface area contributed by atoms with Gasteiger partial charge in [-0.1, -0.05) is 12.1 Å². The summed E-state index contributed by atoms with van der Waals surface area (Å²) in [4.78, 5) is 0.624. The van der Waals surface area contributed by atoms with E-state index in [1.165, 1.54) is 16.0 Å². The lowest BCUT2D eigenvalue weighted by molar-refractivity contribution is 0.475. The molecular formula is C11H12N4OS. The first-order valence-electron chi connectivity index (χ1n) is 4.95. The van der Waals surface area contributed by atoms with E-state index in [1.807, 2.05) is 18.4 Å². The van der Waals surface area contributed by atoms with Crippen molar-refractivity contribution in [3.8, 4) is 5.75 Å². The maximum Gasteiger partial charge on any atom is 0.229 e. The Kier molecular flexibility index (Phi) is 3.24. The van der Waals surface area contributed by atoms with Gasteiger partial charge in [-0.05, 0) is 24.6 Å². The van der Waals surface area contributed by atoms with Crippen LogP contribution < -0.4 is 10.6 Å². The predicted molar refractivity (Wildman–Crippen MR) is 68.5 cm³/mol. The maximum absolute atomic E-state index is 9.26. The first kappa shape index (κ1) is 11.4. The molecule has 0 aliphatic carbocycles. The number of nitrogen functional groups attached to an aromatic ring is 1. The summed E-state index contributed by atoms with van der Waals surface area (Å²) in [5, 5.41) is 19.1. The topological polar surface area (TPSA) is 75.9 Å². The number of aromatic hydroxyl groups is 1. The van der Waals surface area contributed by atoms with Gasteiger partial charge in [-0.3, -0.25) is 0 Å². The van der Waals surface area contributed by atoms with E-state index in [0.717, 1.165) is 11.3 Å². The standard InChI is InChI=1S/C11H12N4OS/c1-8-7-17-11(15(8)12)14-13-6-9-3-2-4-10(16)5-9/h2-7,16H,12H2,1H3/b13-6+,14-11-. The molecule has 0 saturated heterocycles. The van der Waals surface area contributed by atoms with E-state index in [2.05, 4.69) is 10.2 Å². The highest BCUT2D eigenvalue weighted by Gasteiger charge is 1.94. The zero-order valence-corrected chi connectivity index (χ0v) is 10.1. The quantitative estimate of drug-likeness (QED) is 0.476. The van der Waals surface area contributed by atoms with Gasteiger partial charge in [0.1, 0.15) is 5.75 Å².